The van der Waals surface area contributed by atoms with Crippen molar-refractivity contribution in [1.29, 1.82) is 0 Å². The monoisotopic (exact) mass is 492 g/mol. The van der Waals surface area contributed by atoms with Crippen LogP contribution >= 0.6 is 0 Å². The maximum atomic E-state index is 15.4. The van der Waals surface area contributed by atoms with Gasteiger partial charge in [-0.2, -0.15) is 0 Å². The van der Waals surface area contributed by atoms with Crippen LogP contribution in [-0.4, -0.2) is 6.61 Å². The van der Waals surface area contributed by atoms with Gasteiger partial charge in [0.15, 0.2) is 0 Å². The van der Waals surface area contributed by atoms with E-state index >= 15 is 8.78 Å². The highest BCUT2D eigenvalue weighted by molar-refractivity contribution is 5.89. The Morgan fingerprint density at radius 3 is 2.00 bits per heavy atom. The molecule has 0 aromatic heterocycles. The minimum absolute atomic E-state index is 0.0369. The van der Waals surface area contributed by atoms with Crippen LogP contribution in [0.25, 0.3) is 33.0 Å². The molecule has 1 aliphatic rings. The summed E-state index contributed by atoms with van der Waals surface area (Å²) in [4.78, 5) is 0. The van der Waals surface area contributed by atoms with Crippen LogP contribution < -0.4 is 0 Å². The molecular weight excluding hydrogens is 464 g/mol. The molecule has 2 unspecified atom stereocenters. The highest BCUT2D eigenvalue weighted by atomic mass is 19.1. The van der Waals surface area contributed by atoms with Crippen molar-refractivity contribution in [1.82, 2.24) is 0 Å². The van der Waals surface area contributed by atoms with Gasteiger partial charge in [-0.3, -0.25) is 0 Å². The third kappa shape index (κ3) is 4.30. The van der Waals surface area contributed by atoms with Gasteiger partial charge in [0.25, 0.3) is 0 Å². The Balaban J connectivity index is 1.54. The molecule has 5 rings (SSSR count). The molecule has 1 fully saturated rings. The zero-order chi connectivity index (χ0) is 25.7. The quantitative estimate of drug-likeness (QED) is 0.259. The minimum atomic E-state index is -0.732. The second-order valence-corrected chi connectivity index (χ2v) is 10.1. The first-order chi connectivity index (χ1) is 17.1. The summed E-state index contributed by atoms with van der Waals surface area (Å²) in [7, 11) is 0. The van der Waals surface area contributed by atoms with Gasteiger partial charge in [0.05, 0.1) is 11.7 Å². The summed E-state index contributed by atoms with van der Waals surface area (Å²) in [6, 6.07) is 12.2. The Labute approximate surface area is 208 Å². The highest BCUT2D eigenvalue weighted by Gasteiger charge is 2.23. The predicted octanol–water partition coefficient (Wildman–Crippen LogP) is 9.14. The van der Waals surface area contributed by atoms with Gasteiger partial charge in [0, 0.05) is 17.6 Å². The number of benzene rings is 4. The fourth-order valence-corrected chi connectivity index (χ4v) is 5.37. The number of hydrogen-bond donors (Lipinski definition) is 0. The van der Waals surface area contributed by atoms with Crippen molar-refractivity contribution in [2.24, 2.45) is 5.92 Å². The van der Waals surface area contributed by atoms with Crippen LogP contribution in [0.1, 0.15) is 48.1 Å². The molecule has 1 saturated heterocycles. The fraction of sp³-hybridized carbons (Fsp3) is 0.290. The molecule has 0 spiro atoms. The molecule has 4 aromatic rings. The lowest BCUT2D eigenvalue weighted by molar-refractivity contribution is -0.0124. The Morgan fingerprint density at radius 1 is 0.722 bits per heavy atom. The zero-order valence-corrected chi connectivity index (χ0v) is 20.8. The van der Waals surface area contributed by atoms with Crippen molar-refractivity contribution in [3.63, 3.8) is 0 Å². The summed E-state index contributed by atoms with van der Waals surface area (Å²) in [6.07, 6.45) is 2.10. The van der Waals surface area contributed by atoms with Crippen molar-refractivity contribution >= 4 is 10.8 Å². The molecule has 0 aliphatic carbocycles. The first-order valence-electron chi connectivity index (χ1n) is 12.2. The number of halogens is 4. The maximum Gasteiger partial charge on any atom is 0.136 e. The van der Waals surface area contributed by atoms with Crippen molar-refractivity contribution in [2.75, 3.05) is 6.61 Å². The lowest BCUT2D eigenvalue weighted by atomic mass is 9.88. The van der Waals surface area contributed by atoms with Gasteiger partial charge >= 0.3 is 0 Å². The number of ether oxygens (including phenoxy) is 1. The average molecular weight is 493 g/mol. The summed E-state index contributed by atoms with van der Waals surface area (Å²) >= 11 is 0. The predicted molar refractivity (Wildman–Crippen MR) is 136 cm³/mol. The number of aryl methyl sites for hydroxylation is 2. The van der Waals surface area contributed by atoms with Crippen LogP contribution in [0, 0.1) is 50.0 Å². The van der Waals surface area contributed by atoms with Crippen LogP contribution in [-0.2, 0) is 4.74 Å². The van der Waals surface area contributed by atoms with Gasteiger partial charge in [-0.15, -0.1) is 0 Å². The zero-order valence-electron chi connectivity index (χ0n) is 20.8. The molecule has 1 nitrogen and oxygen atoms in total. The standard InChI is InChI=1S/C31H28F4O/c1-16-5-8-28(36-15-16)22-9-17(2)29(18(3)10-22)23-13-26(33)30(27(34)14-23)20-6-7-24-21(11-20)12-25(32)19(4)31(24)35/h6-7,9-14,16,28H,5,8,15H2,1-4H3. The van der Waals surface area contributed by atoms with Crippen LogP contribution in [0.2, 0.25) is 0 Å². The minimum Gasteiger partial charge on any atom is -0.373 e. The Kier molecular flexibility index (Phi) is 6.37. The molecule has 2 atom stereocenters. The highest BCUT2D eigenvalue weighted by Crippen LogP contribution is 2.38. The third-order valence-corrected chi connectivity index (χ3v) is 7.31. The SMILES string of the molecule is Cc1cc(C2CCC(C)CO2)cc(C)c1-c1cc(F)c(-c2ccc3c(F)c(C)c(F)cc3c2)c(F)c1. The van der Waals surface area contributed by atoms with E-state index in [1.807, 2.05) is 26.0 Å². The van der Waals surface area contributed by atoms with E-state index in [1.54, 1.807) is 0 Å². The van der Waals surface area contributed by atoms with E-state index in [2.05, 4.69) is 6.92 Å². The lowest BCUT2D eigenvalue weighted by Crippen LogP contribution is -2.18. The number of hydrogen-bond acceptors (Lipinski definition) is 1. The van der Waals surface area contributed by atoms with Gasteiger partial charge in [0.2, 0.25) is 0 Å². The van der Waals surface area contributed by atoms with Gasteiger partial charge < -0.3 is 4.74 Å². The Bertz CT molecular complexity index is 1440. The topological polar surface area (TPSA) is 9.23 Å². The van der Waals surface area contributed by atoms with Crippen LogP contribution in [0.3, 0.4) is 0 Å². The van der Waals surface area contributed by atoms with E-state index in [9.17, 15) is 8.78 Å². The molecule has 0 radical (unpaired) electrons. The van der Waals surface area contributed by atoms with Crippen LogP contribution in [0.15, 0.2) is 48.5 Å². The Morgan fingerprint density at radius 2 is 1.39 bits per heavy atom. The fourth-order valence-electron chi connectivity index (χ4n) is 5.37. The third-order valence-electron chi connectivity index (χ3n) is 7.31. The van der Waals surface area contributed by atoms with Crippen molar-refractivity contribution in [3.05, 3.63) is 94.1 Å². The van der Waals surface area contributed by atoms with E-state index in [4.69, 9.17) is 4.74 Å². The molecular formula is C31H28F4O. The Hall–Kier alpha value is -3.18. The van der Waals surface area contributed by atoms with Crippen molar-refractivity contribution in [3.8, 4) is 22.3 Å². The lowest BCUT2D eigenvalue weighted by Gasteiger charge is -2.28. The summed E-state index contributed by atoms with van der Waals surface area (Å²) in [5.74, 6) is -2.28. The van der Waals surface area contributed by atoms with Crippen molar-refractivity contribution < 1.29 is 22.3 Å². The summed E-state index contributed by atoms with van der Waals surface area (Å²) < 4.78 is 65.3. The van der Waals surface area contributed by atoms with Crippen LogP contribution in [0.4, 0.5) is 17.6 Å². The van der Waals surface area contributed by atoms with Crippen molar-refractivity contribution in [2.45, 2.75) is 46.6 Å². The summed E-state index contributed by atoms with van der Waals surface area (Å²) in [5.41, 5.74) is 4.07. The molecule has 186 valence electrons. The molecule has 0 N–H and O–H groups in total. The normalized spacial score (nSPS) is 18.1. The number of rotatable bonds is 3. The van der Waals surface area contributed by atoms with E-state index in [0.717, 1.165) is 41.7 Å². The van der Waals surface area contributed by atoms with E-state index in [-0.39, 0.29) is 33.6 Å². The molecule has 0 amide bonds. The molecule has 0 saturated carbocycles. The van der Waals surface area contributed by atoms with E-state index in [1.165, 1.54) is 43.3 Å². The average Bonchev–Trinajstić information content (AvgIpc) is 2.82. The molecule has 1 heterocycles. The number of fused-ring (bicyclic) bond motifs is 1. The molecule has 4 aromatic carbocycles. The molecule has 5 heteroatoms. The second-order valence-electron chi connectivity index (χ2n) is 10.1. The van der Waals surface area contributed by atoms with Gasteiger partial charge in [-0.25, -0.2) is 17.6 Å². The van der Waals surface area contributed by atoms with E-state index < -0.39 is 23.3 Å². The first kappa shape index (κ1) is 24.5. The van der Waals surface area contributed by atoms with Gasteiger partial charge in [-0.05, 0) is 103 Å². The van der Waals surface area contributed by atoms with Crippen LogP contribution in [0.5, 0.6) is 0 Å². The molecule has 0 bridgehead atoms. The largest absolute Gasteiger partial charge is 0.373 e. The van der Waals surface area contributed by atoms with Gasteiger partial charge in [-0.1, -0.05) is 31.2 Å². The first-order valence-corrected chi connectivity index (χ1v) is 12.2. The van der Waals surface area contributed by atoms with E-state index in [0.29, 0.717) is 11.5 Å². The second kappa shape index (κ2) is 9.36. The van der Waals surface area contributed by atoms with Gasteiger partial charge in [0.1, 0.15) is 23.3 Å². The smallest absolute Gasteiger partial charge is 0.136 e. The maximum absolute atomic E-state index is 15.4. The molecule has 36 heavy (non-hydrogen) atoms. The summed E-state index contributed by atoms with van der Waals surface area (Å²) in [5, 5.41) is 0.454. The summed E-state index contributed by atoms with van der Waals surface area (Å²) in [6.45, 7) is 8.15. The molecule has 1 aliphatic heterocycles.